The van der Waals surface area contributed by atoms with Crippen LogP contribution in [-0.2, 0) is 10.0 Å². The van der Waals surface area contributed by atoms with E-state index >= 15 is 0 Å². The van der Waals surface area contributed by atoms with Crippen LogP contribution in [-0.4, -0.2) is 32.7 Å². The third kappa shape index (κ3) is 2.60. The number of sulfonamides is 1. The van der Waals surface area contributed by atoms with Gasteiger partial charge in [-0.3, -0.25) is 4.72 Å². The van der Waals surface area contributed by atoms with E-state index in [1.165, 1.54) is 0 Å². The van der Waals surface area contributed by atoms with Crippen molar-refractivity contribution in [2.24, 2.45) is 0 Å². The molecule has 2 rings (SSSR count). The standard InChI is InChI=1S/C12H16N4O3S/c1-8-11(9(2)19-14-8)20(17,18)15-10-6-5-7-13-12(10)16(3)4/h5-7,15H,1-4H3. The predicted molar refractivity (Wildman–Crippen MR) is 75.3 cm³/mol. The van der Waals surface area contributed by atoms with Gasteiger partial charge < -0.3 is 9.42 Å². The fraction of sp³-hybridized carbons (Fsp3) is 0.333. The predicted octanol–water partition coefficient (Wildman–Crippen LogP) is 1.55. The first-order valence-corrected chi connectivity index (χ1v) is 7.39. The average molecular weight is 296 g/mol. The number of aryl methyl sites for hydroxylation is 2. The zero-order valence-electron chi connectivity index (χ0n) is 11.7. The van der Waals surface area contributed by atoms with Crippen molar-refractivity contribution in [3.8, 4) is 0 Å². The van der Waals surface area contributed by atoms with Crippen LogP contribution in [0.25, 0.3) is 0 Å². The first-order chi connectivity index (χ1) is 9.33. The molecule has 0 bridgehead atoms. The van der Waals surface area contributed by atoms with Crippen molar-refractivity contribution in [1.29, 1.82) is 0 Å². The van der Waals surface area contributed by atoms with Gasteiger partial charge in [-0.25, -0.2) is 13.4 Å². The lowest BCUT2D eigenvalue weighted by Gasteiger charge is -2.16. The summed E-state index contributed by atoms with van der Waals surface area (Å²) in [6, 6.07) is 3.32. The molecule has 0 unspecified atom stereocenters. The van der Waals surface area contributed by atoms with Gasteiger partial charge in [0.1, 0.15) is 5.69 Å². The van der Waals surface area contributed by atoms with Crippen molar-refractivity contribution in [2.75, 3.05) is 23.7 Å². The van der Waals surface area contributed by atoms with Gasteiger partial charge in [0, 0.05) is 20.3 Å². The monoisotopic (exact) mass is 296 g/mol. The summed E-state index contributed by atoms with van der Waals surface area (Å²) in [7, 11) is -0.185. The molecule has 2 heterocycles. The Morgan fingerprint density at radius 3 is 2.55 bits per heavy atom. The number of aromatic nitrogens is 2. The van der Waals surface area contributed by atoms with E-state index in [9.17, 15) is 8.42 Å². The summed E-state index contributed by atoms with van der Waals surface area (Å²) >= 11 is 0. The van der Waals surface area contributed by atoms with Crippen LogP contribution in [0.2, 0.25) is 0 Å². The lowest BCUT2D eigenvalue weighted by atomic mass is 10.4. The molecule has 1 N–H and O–H groups in total. The van der Waals surface area contributed by atoms with Crippen LogP contribution in [0.5, 0.6) is 0 Å². The molecule has 0 radical (unpaired) electrons. The van der Waals surface area contributed by atoms with Gasteiger partial charge in [-0.05, 0) is 26.0 Å². The fourth-order valence-electron chi connectivity index (χ4n) is 1.89. The smallest absolute Gasteiger partial charge is 0.267 e. The molecule has 0 atom stereocenters. The molecule has 0 aliphatic rings. The highest BCUT2D eigenvalue weighted by atomic mass is 32.2. The normalized spacial score (nSPS) is 11.4. The molecule has 8 heteroatoms. The lowest BCUT2D eigenvalue weighted by Crippen LogP contribution is -2.19. The van der Waals surface area contributed by atoms with Crippen LogP contribution in [0.15, 0.2) is 27.7 Å². The molecule has 2 aromatic heterocycles. The maximum Gasteiger partial charge on any atom is 0.267 e. The van der Waals surface area contributed by atoms with E-state index in [2.05, 4.69) is 14.9 Å². The maximum atomic E-state index is 12.4. The van der Waals surface area contributed by atoms with Crippen LogP contribution in [0, 0.1) is 13.8 Å². The van der Waals surface area contributed by atoms with E-state index in [4.69, 9.17) is 4.52 Å². The summed E-state index contributed by atoms with van der Waals surface area (Å²) in [5.41, 5.74) is 0.725. The molecular formula is C12H16N4O3S. The molecule has 0 saturated heterocycles. The summed E-state index contributed by atoms with van der Waals surface area (Å²) < 4.78 is 32.3. The van der Waals surface area contributed by atoms with Gasteiger partial charge in [0.2, 0.25) is 0 Å². The maximum absolute atomic E-state index is 12.4. The minimum Gasteiger partial charge on any atom is -0.361 e. The highest BCUT2D eigenvalue weighted by Crippen LogP contribution is 2.26. The largest absolute Gasteiger partial charge is 0.361 e. The first kappa shape index (κ1) is 14.3. The van der Waals surface area contributed by atoms with E-state index in [0.29, 0.717) is 17.2 Å². The van der Waals surface area contributed by atoms with Gasteiger partial charge in [0.15, 0.2) is 16.5 Å². The Bertz CT molecular complexity index is 703. The molecular weight excluding hydrogens is 280 g/mol. The van der Waals surface area contributed by atoms with Gasteiger partial charge in [-0.15, -0.1) is 0 Å². The van der Waals surface area contributed by atoms with Crippen LogP contribution < -0.4 is 9.62 Å². The number of nitrogens with one attached hydrogen (secondary N) is 1. The van der Waals surface area contributed by atoms with E-state index < -0.39 is 10.0 Å². The van der Waals surface area contributed by atoms with Crippen molar-refractivity contribution in [3.63, 3.8) is 0 Å². The molecule has 2 aromatic rings. The Morgan fingerprint density at radius 1 is 1.30 bits per heavy atom. The van der Waals surface area contributed by atoms with Crippen molar-refractivity contribution >= 4 is 21.5 Å². The molecule has 20 heavy (non-hydrogen) atoms. The SMILES string of the molecule is Cc1noc(C)c1S(=O)(=O)Nc1cccnc1N(C)C. The van der Waals surface area contributed by atoms with Crippen molar-refractivity contribution < 1.29 is 12.9 Å². The zero-order chi connectivity index (χ0) is 14.9. The van der Waals surface area contributed by atoms with Crippen LogP contribution in [0.4, 0.5) is 11.5 Å². The summed E-state index contributed by atoms with van der Waals surface area (Å²) in [5.74, 6) is 0.785. The second-order valence-electron chi connectivity index (χ2n) is 4.53. The highest BCUT2D eigenvalue weighted by molar-refractivity contribution is 7.92. The summed E-state index contributed by atoms with van der Waals surface area (Å²) in [6.45, 7) is 3.14. The van der Waals surface area contributed by atoms with E-state index in [-0.39, 0.29) is 10.7 Å². The van der Waals surface area contributed by atoms with E-state index in [1.807, 2.05) is 0 Å². The minimum atomic E-state index is -3.76. The van der Waals surface area contributed by atoms with Gasteiger partial charge in [0.25, 0.3) is 10.0 Å². The van der Waals surface area contributed by atoms with Gasteiger partial charge >= 0.3 is 0 Å². The summed E-state index contributed by atoms with van der Waals surface area (Å²) in [6.07, 6.45) is 1.60. The molecule has 0 aliphatic carbocycles. The number of anilines is 2. The first-order valence-electron chi connectivity index (χ1n) is 5.91. The molecule has 108 valence electrons. The van der Waals surface area contributed by atoms with Gasteiger partial charge in [-0.2, -0.15) is 0 Å². The Hall–Kier alpha value is -2.09. The Morgan fingerprint density at radius 2 is 2.00 bits per heavy atom. The highest BCUT2D eigenvalue weighted by Gasteiger charge is 2.25. The quantitative estimate of drug-likeness (QED) is 0.921. The lowest BCUT2D eigenvalue weighted by molar-refractivity contribution is 0.390. The topological polar surface area (TPSA) is 88.3 Å². The molecule has 0 amide bonds. The second kappa shape index (κ2) is 5.12. The zero-order valence-corrected chi connectivity index (χ0v) is 12.5. The van der Waals surface area contributed by atoms with Gasteiger partial charge in [-0.1, -0.05) is 5.16 Å². The third-order valence-corrected chi connectivity index (χ3v) is 4.30. The van der Waals surface area contributed by atoms with Crippen molar-refractivity contribution in [1.82, 2.24) is 10.1 Å². The molecule has 0 aromatic carbocycles. The second-order valence-corrected chi connectivity index (χ2v) is 6.15. The minimum absolute atomic E-state index is 0.0612. The van der Waals surface area contributed by atoms with Crippen LogP contribution in [0.3, 0.4) is 0 Å². The molecule has 0 fully saturated rings. The van der Waals surface area contributed by atoms with E-state index in [1.54, 1.807) is 51.2 Å². The molecule has 7 nitrogen and oxygen atoms in total. The number of hydrogen-bond donors (Lipinski definition) is 1. The summed E-state index contributed by atoms with van der Waals surface area (Å²) in [4.78, 5) is 5.94. The van der Waals surface area contributed by atoms with Crippen molar-refractivity contribution in [2.45, 2.75) is 18.7 Å². The third-order valence-electron chi connectivity index (χ3n) is 2.69. The Kier molecular flexibility index (Phi) is 3.67. The fourth-order valence-corrected chi connectivity index (χ4v) is 3.28. The summed E-state index contributed by atoms with van der Waals surface area (Å²) in [5, 5.41) is 3.66. The van der Waals surface area contributed by atoms with Crippen LogP contribution >= 0.6 is 0 Å². The number of hydrogen-bond acceptors (Lipinski definition) is 6. The Labute approximate surface area is 117 Å². The molecule has 0 saturated carbocycles. The van der Waals surface area contributed by atoms with Crippen molar-refractivity contribution in [3.05, 3.63) is 29.8 Å². The Balaban J connectivity index is 2.45. The van der Waals surface area contributed by atoms with Gasteiger partial charge in [0.05, 0.1) is 5.69 Å². The molecule has 0 spiro atoms. The number of nitrogens with zero attached hydrogens (tertiary/aromatic N) is 3. The van der Waals surface area contributed by atoms with E-state index in [0.717, 1.165) is 0 Å². The van der Waals surface area contributed by atoms with Crippen LogP contribution in [0.1, 0.15) is 11.5 Å². The molecule has 0 aliphatic heterocycles. The number of rotatable bonds is 4. The number of pyridine rings is 1. The average Bonchev–Trinajstić information content (AvgIpc) is 2.69.